The van der Waals surface area contributed by atoms with Crippen LogP contribution in [0.15, 0.2) is 49.0 Å². The molecule has 0 fully saturated rings. The first-order valence-corrected chi connectivity index (χ1v) is 11.0. The minimum Gasteiger partial charge on any atom is -0.387 e. The minimum atomic E-state index is -4.83. The van der Waals surface area contributed by atoms with Crippen molar-refractivity contribution in [2.45, 2.75) is 50.4 Å². The number of hydrogen-bond acceptors (Lipinski definition) is 6. The topological polar surface area (TPSA) is 92.8 Å². The summed E-state index contributed by atoms with van der Waals surface area (Å²) >= 11 is 0. The SMILES string of the molecule is CC(C)(O)c1ncc(-c2cn3c4c(nc3cc2F)C(O)CC4C2C=CC=CC2OC(F)(F)F)cn1. The van der Waals surface area contributed by atoms with Gasteiger partial charge in [0.1, 0.15) is 17.1 Å². The summed E-state index contributed by atoms with van der Waals surface area (Å²) in [5, 5.41) is 20.7. The molecule has 2 aliphatic rings. The second-order valence-corrected chi connectivity index (χ2v) is 9.23. The maximum atomic E-state index is 15.0. The van der Waals surface area contributed by atoms with Crippen LogP contribution in [0.1, 0.15) is 49.5 Å². The van der Waals surface area contributed by atoms with Gasteiger partial charge in [-0.15, -0.1) is 13.2 Å². The highest BCUT2D eigenvalue weighted by Gasteiger charge is 2.44. The average molecular weight is 490 g/mol. The molecule has 5 rings (SSSR count). The largest absolute Gasteiger partial charge is 0.523 e. The van der Waals surface area contributed by atoms with Gasteiger partial charge in [0.2, 0.25) is 0 Å². The molecular weight excluding hydrogens is 468 g/mol. The van der Waals surface area contributed by atoms with Gasteiger partial charge in [-0.3, -0.25) is 4.74 Å². The Hall–Kier alpha value is -3.15. The van der Waals surface area contributed by atoms with E-state index < -0.39 is 41.8 Å². The summed E-state index contributed by atoms with van der Waals surface area (Å²) in [6.45, 7) is 3.05. The van der Waals surface area contributed by atoms with Gasteiger partial charge >= 0.3 is 6.36 Å². The van der Waals surface area contributed by atoms with Gasteiger partial charge in [-0.25, -0.2) is 19.3 Å². The molecule has 0 saturated carbocycles. The van der Waals surface area contributed by atoms with Crippen LogP contribution in [-0.2, 0) is 10.3 Å². The highest BCUT2D eigenvalue weighted by molar-refractivity contribution is 5.65. The lowest BCUT2D eigenvalue weighted by Gasteiger charge is -2.30. The summed E-state index contributed by atoms with van der Waals surface area (Å²) in [6.07, 6.45) is 3.35. The van der Waals surface area contributed by atoms with Gasteiger partial charge in [-0.05, 0) is 20.3 Å². The van der Waals surface area contributed by atoms with E-state index in [0.717, 1.165) is 0 Å². The number of hydrogen-bond donors (Lipinski definition) is 2. The third kappa shape index (κ3) is 4.35. The van der Waals surface area contributed by atoms with Gasteiger partial charge in [0.15, 0.2) is 5.82 Å². The predicted molar refractivity (Wildman–Crippen MR) is 116 cm³/mol. The standard InChI is InChI=1S/C24H22F4N4O3/c1-23(2,34)22-29-9-12(10-30-22)15-11-32-19(8-16(15)25)31-20-17(33)7-14(21(20)32)13-5-3-4-6-18(13)35-24(26,27)28/h3-6,8-11,13-14,17-18,33-34H,7H2,1-2H3. The van der Waals surface area contributed by atoms with Crippen LogP contribution in [0.5, 0.6) is 0 Å². The van der Waals surface area contributed by atoms with Gasteiger partial charge in [0, 0.05) is 47.6 Å². The zero-order valence-corrected chi connectivity index (χ0v) is 18.7. The van der Waals surface area contributed by atoms with Crippen molar-refractivity contribution in [2.75, 3.05) is 0 Å². The van der Waals surface area contributed by atoms with E-state index in [-0.39, 0.29) is 23.5 Å². The van der Waals surface area contributed by atoms with E-state index in [1.807, 2.05) is 0 Å². The minimum absolute atomic E-state index is 0.141. The highest BCUT2D eigenvalue weighted by atomic mass is 19.4. The lowest BCUT2D eigenvalue weighted by Crippen LogP contribution is -2.32. The average Bonchev–Trinajstić information content (AvgIpc) is 3.29. The number of aromatic nitrogens is 4. The lowest BCUT2D eigenvalue weighted by molar-refractivity contribution is -0.340. The molecule has 0 radical (unpaired) electrons. The fraction of sp³-hybridized carbons (Fsp3) is 0.375. The van der Waals surface area contributed by atoms with Crippen molar-refractivity contribution in [1.82, 2.24) is 19.4 Å². The van der Waals surface area contributed by atoms with E-state index in [9.17, 15) is 23.4 Å². The van der Waals surface area contributed by atoms with Gasteiger partial charge in [-0.2, -0.15) is 0 Å². The van der Waals surface area contributed by atoms with Crippen LogP contribution >= 0.6 is 0 Å². The lowest BCUT2D eigenvalue weighted by atomic mass is 9.83. The number of aliphatic hydroxyl groups is 2. The van der Waals surface area contributed by atoms with E-state index in [4.69, 9.17) is 0 Å². The van der Waals surface area contributed by atoms with Crippen LogP contribution < -0.4 is 0 Å². The molecule has 0 amide bonds. The van der Waals surface area contributed by atoms with Crippen LogP contribution in [0.25, 0.3) is 16.8 Å². The molecule has 3 aromatic rings. The second kappa shape index (κ2) is 8.21. The number of allylic oxidation sites excluding steroid dienone is 2. The number of ether oxygens (including phenoxy) is 1. The van der Waals surface area contributed by atoms with Crippen molar-refractivity contribution in [3.05, 3.63) is 72.0 Å². The molecule has 3 heterocycles. The Kier molecular flexibility index (Phi) is 5.53. The maximum Gasteiger partial charge on any atom is 0.523 e. The molecule has 0 spiro atoms. The van der Waals surface area contributed by atoms with E-state index in [0.29, 0.717) is 17.0 Å². The van der Waals surface area contributed by atoms with Crippen molar-refractivity contribution in [3.8, 4) is 11.1 Å². The van der Waals surface area contributed by atoms with E-state index in [2.05, 4.69) is 19.7 Å². The molecule has 2 aliphatic carbocycles. The number of pyridine rings is 1. The van der Waals surface area contributed by atoms with Gasteiger partial charge in [0.25, 0.3) is 0 Å². The van der Waals surface area contributed by atoms with Gasteiger partial charge in [-0.1, -0.05) is 24.3 Å². The summed E-state index contributed by atoms with van der Waals surface area (Å²) in [7, 11) is 0. The summed E-state index contributed by atoms with van der Waals surface area (Å²) in [4.78, 5) is 12.6. The molecular formula is C24H22F4N4O3. The molecule has 11 heteroatoms. The summed E-state index contributed by atoms with van der Waals surface area (Å²) in [5.74, 6) is -1.72. The second-order valence-electron chi connectivity index (χ2n) is 9.23. The van der Waals surface area contributed by atoms with Crippen LogP contribution in [-0.4, -0.2) is 42.0 Å². The Balaban J connectivity index is 1.58. The van der Waals surface area contributed by atoms with E-state index in [1.165, 1.54) is 50.7 Å². The molecule has 4 atom stereocenters. The fourth-order valence-electron chi connectivity index (χ4n) is 4.75. The molecule has 7 nitrogen and oxygen atoms in total. The normalized spacial score (nSPS) is 24.3. The Bertz CT molecular complexity index is 1330. The highest BCUT2D eigenvalue weighted by Crippen LogP contribution is 2.48. The number of alkyl halides is 3. The maximum absolute atomic E-state index is 15.0. The Morgan fingerprint density at radius 1 is 1.11 bits per heavy atom. The molecule has 3 aromatic heterocycles. The van der Waals surface area contributed by atoms with Gasteiger partial charge in [0.05, 0.1) is 23.6 Å². The van der Waals surface area contributed by atoms with E-state index >= 15 is 4.39 Å². The first-order chi connectivity index (χ1) is 16.4. The monoisotopic (exact) mass is 490 g/mol. The first kappa shape index (κ1) is 23.6. The zero-order chi connectivity index (χ0) is 25.1. The fourth-order valence-corrected chi connectivity index (χ4v) is 4.75. The summed E-state index contributed by atoms with van der Waals surface area (Å²) in [5.41, 5.74) is 0.234. The molecule has 0 aliphatic heterocycles. The number of nitrogens with zero attached hydrogens (tertiary/aromatic N) is 4. The quantitative estimate of drug-likeness (QED) is 0.529. The molecule has 0 bridgehead atoms. The van der Waals surface area contributed by atoms with Crippen molar-refractivity contribution in [2.24, 2.45) is 5.92 Å². The zero-order valence-electron chi connectivity index (χ0n) is 18.7. The number of imidazole rings is 1. The number of aliphatic hydroxyl groups excluding tert-OH is 1. The molecule has 2 N–H and O–H groups in total. The predicted octanol–water partition coefficient (Wildman–Crippen LogP) is 4.33. The Labute approximate surface area is 197 Å². The van der Waals surface area contributed by atoms with E-state index in [1.54, 1.807) is 16.6 Å². The van der Waals surface area contributed by atoms with Crippen LogP contribution in [0.2, 0.25) is 0 Å². The Morgan fingerprint density at radius 2 is 1.80 bits per heavy atom. The van der Waals surface area contributed by atoms with Crippen LogP contribution in [0.4, 0.5) is 17.6 Å². The van der Waals surface area contributed by atoms with Crippen molar-refractivity contribution in [1.29, 1.82) is 0 Å². The third-order valence-corrected chi connectivity index (χ3v) is 6.29. The molecule has 35 heavy (non-hydrogen) atoms. The third-order valence-electron chi connectivity index (χ3n) is 6.29. The Morgan fingerprint density at radius 3 is 2.46 bits per heavy atom. The number of fused-ring (bicyclic) bond motifs is 3. The smallest absolute Gasteiger partial charge is 0.387 e. The number of rotatable bonds is 4. The van der Waals surface area contributed by atoms with Crippen LogP contribution in [0, 0.1) is 11.7 Å². The molecule has 0 aromatic carbocycles. The van der Waals surface area contributed by atoms with Gasteiger partial charge < -0.3 is 14.6 Å². The summed E-state index contributed by atoms with van der Waals surface area (Å²) < 4.78 is 60.1. The van der Waals surface area contributed by atoms with Crippen molar-refractivity contribution >= 4 is 5.65 Å². The first-order valence-electron chi connectivity index (χ1n) is 11.0. The van der Waals surface area contributed by atoms with Crippen LogP contribution in [0.3, 0.4) is 0 Å². The van der Waals surface area contributed by atoms with Crippen molar-refractivity contribution in [3.63, 3.8) is 0 Å². The molecule has 4 unspecified atom stereocenters. The van der Waals surface area contributed by atoms with Crippen molar-refractivity contribution < 1.29 is 32.5 Å². The molecule has 0 saturated heterocycles. The number of halogens is 4. The molecule has 184 valence electrons. The summed E-state index contributed by atoms with van der Waals surface area (Å²) in [6, 6.07) is 1.20.